The fourth-order valence-electron chi connectivity index (χ4n) is 2.07. The summed E-state index contributed by atoms with van der Waals surface area (Å²) in [5.41, 5.74) is 0.873. The fraction of sp³-hybridized carbons (Fsp3) is 0.471. The standard InChI is InChI=1S/C17H24ClN5O2/c1-3-19-17(21-11-12-24-4-2)20-10-9-15-22-16(23-25-15)13-5-7-14(18)8-6-13/h5-8H,3-4,9-12H2,1-2H3,(H2,19,20,21). The third-order valence-corrected chi connectivity index (χ3v) is 3.51. The average Bonchev–Trinajstić information content (AvgIpc) is 3.08. The highest BCUT2D eigenvalue weighted by Crippen LogP contribution is 2.18. The van der Waals surface area contributed by atoms with Gasteiger partial charge in [-0.2, -0.15) is 4.98 Å². The number of guanidine groups is 1. The summed E-state index contributed by atoms with van der Waals surface area (Å²) in [6, 6.07) is 7.33. The molecule has 136 valence electrons. The van der Waals surface area contributed by atoms with Gasteiger partial charge in [-0.3, -0.25) is 4.99 Å². The molecule has 7 nitrogen and oxygen atoms in total. The van der Waals surface area contributed by atoms with Crippen LogP contribution in [0.3, 0.4) is 0 Å². The van der Waals surface area contributed by atoms with E-state index in [4.69, 9.17) is 20.9 Å². The smallest absolute Gasteiger partial charge is 0.228 e. The molecule has 0 radical (unpaired) electrons. The van der Waals surface area contributed by atoms with Gasteiger partial charge >= 0.3 is 0 Å². The molecular formula is C17H24ClN5O2. The van der Waals surface area contributed by atoms with Crippen molar-refractivity contribution >= 4 is 17.6 Å². The molecule has 0 bridgehead atoms. The summed E-state index contributed by atoms with van der Waals surface area (Å²) in [5, 5.41) is 11.1. The monoisotopic (exact) mass is 365 g/mol. The largest absolute Gasteiger partial charge is 0.380 e. The van der Waals surface area contributed by atoms with Crippen LogP contribution in [0.5, 0.6) is 0 Å². The Morgan fingerprint density at radius 2 is 2.04 bits per heavy atom. The van der Waals surface area contributed by atoms with E-state index in [1.165, 1.54) is 0 Å². The maximum Gasteiger partial charge on any atom is 0.228 e. The summed E-state index contributed by atoms with van der Waals surface area (Å²) in [5.74, 6) is 1.88. The molecule has 0 fully saturated rings. The molecule has 0 aliphatic heterocycles. The second kappa shape index (κ2) is 10.7. The molecule has 0 aliphatic carbocycles. The van der Waals surface area contributed by atoms with E-state index in [0.29, 0.717) is 49.5 Å². The normalized spacial score (nSPS) is 11.6. The van der Waals surface area contributed by atoms with Crippen LogP contribution < -0.4 is 10.6 Å². The van der Waals surface area contributed by atoms with Crippen LogP contribution in [0, 0.1) is 0 Å². The summed E-state index contributed by atoms with van der Waals surface area (Å²) < 4.78 is 10.6. The van der Waals surface area contributed by atoms with Gasteiger partial charge in [-0.1, -0.05) is 16.8 Å². The van der Waals surface area contributed by atoms with Gasteiger partial charge in [0.1, 0.15) is 0 Å². The van der Waals surface area contributed by atoms with Crippen LogP contribution in [0.1, 0.15) is 19.7 Å². The molecule has 1 aromatic carbocycles. The molecule has 0 spiro atoms. The third-order valence-electron chi connectivity index (χ3n) is 3.26. The summed E-state index contributed by atoms with van der Waals surface area (Å²) in [7, 11) is 0. The summed E-state index contributed by atoms with van der Waals surface area (Å²) in [6.07, 6.45) is 0.608. The number of nitrogens with zero attached hydrogens (tertiary/aromatic N) is 3. The first-order valence-corrected chi connectivity index (χ1v) is 8.79. The van der Waals surface area contributed by atoms with Crippen LogP contribution >= 0.6 is 11.6 Å². The van der Waals surface area contributed by atoms with E-state index in [0.717, 1.165) is 18.1 Å². The van der Waals surface area contributed by atoms with E-state index in [1.807, 2.05) is 26.0 Å². The van der Waals surface area contributed by atoms with Gasteiger partial charge in [-0.05, 0) is 38.1 Å². The predicted octanol–water partition coefficient (Wildman–Crippen LogP) is 2.52. The Kier molecular flexibility index (Phi) is 8.21. The Labute approximate surface area is 152 Å². The van der Waals surface area contributed by atoms with Gasteiger partial charge in [0.05, 0.1) is 13.2 Å². The van der Waals surface area contributed by atoms with Gasteiger partial charge in [-0.25, -0.2) is 0 Å². The minimum atomic E-state index is 0.559. The number of rotatable bonds is 9. The maximum absolute atomic E-state index is 5.88. The lowest BCUT2D eigenvalue weighted by molar-refractivity contribution is 0.155. The number of halogens is 1. The number of aromatic nitrogens is 2. The molecule has 1 heterocycles. The molecule has 2 N–H and O–H groups in total. The minimum absolute atomic E-state index is 0.559. The van der Waals surface area contributed by atoms with Crippen molar-refractivity contribution in [2.75, 3.05) is 32.8 Å². The fourth-order valence-corrected chi connectivity index (χ4v) is 2.19. The lowest BCUT2D eigenvalue weighted by Crippen LogP contribution is -2.38. The molecule has 0 saturated heterocycles. The lowest BCUT2D eigenvalue weighted by Gasteiger charge is -2.10. The second-order valence-corrected chi connectivity index (χ2v) is 5.59. The lowest BCUT2D eigenvalue weighted by atomic mass is 10.2. The molecule has 1 aromatic heterocycles. The van der Waals surface area contributed by atoms with Crippen LogP contribution in [0.2, 0.25) is 5.02 Å². The SMILES string of the molecule is CCNC(=NCCOCC)NCCc1nc(-c2ccc(Cl)cc2)no1. The zero-order valence-electron chi connectivity index (χ0n) is 14.6. The third kappa shape index (κ3) is 6.72. The molecule has 0 amide bonds. The molecule has 2 aromatic rings. The average molecular weight is 366 g/mol. The number of hydrogen-bond acceptors (Lipinski definition) is 5. The molecule has 0 aliphatic rings. The number of hydrogen-bond donors (Lipinski definition) is 2. The van der Waals surface area contributed by atoms with Gasteiger partial charge in [0.15, 0.2) is 5.96 Å². The van der Waals surface area contributed by atoms with Gasteiger partial charge in [0, 0.05) is 36.7 Å². The first-order chi connectivity index (χ1) is 12.2. The molecule has 2 rings (SSSR count). The highest BCUT2D eigenvalue weighted by Gasteiger charge is 2.08. The van der Waals surface area contributed by atoms with Crippen LogP contribution in [0.4, 0.5) is 0 Å². The van der Waals surface area contributed by atoms with Crippen LogP contribution in [0.25, 0.3) is 11.4 Å². The molecule has 0 saturated carbocycles. The van der Waals surface area contributed by atoms with Crippen molar-refractivity contribution in [2.45, 2.75) is 20.3 Å². The van der Waals surface area contributed by atoms with Crippen molar-refractivity contribution in [1.82, 2.24) is 20.8 Å². The predicted molar refractivity (Wildman–Crippen MR) is 98.9 cm³/mol. The molecule has 0 atom stereocenters. The van der Waals surface area contributed by atoms with E-state index in [9.17, 15) is 0 Å². The minimum Gasteiger partial charge on any atom is -0.380 e. The quantitative estimate of drug-likeness (QED) is 0.403. The number of aliphatic imine (C=N–C) groups is 1. The molecule has 0 unspecified atom stereocenters. The van der Waals surface area contributed by atoms with E-state index < -0.39 is 0 Å². The zero-order chi connectivity index (χ0) is 17.9. The van der Waals surface area contributed by atoms with Crippen LogP contribution in [0.15, 0.2) is 33.8 Å². The van der Waals surface area contributed by atoms with E-state index in [2.05, 4.69) is 25.8 Å². The van der Waals surface area contributed by atoms with E-state index >= 15 is 0 Å². The van der Waals surface area contributed by atoms with E-state index in [1.54, 1.807) is 12.1 Å². The number of benzene rings is 1. The van der Waals surface area contributed by atoms with Gasteiger partial charge < -0.3 is 19.9 Å². The molecule has 25 heavy (non-hydrogen) atoms. The zero-order valence-corrected chi connectivity index (χ0v) is 15.3. The Morgan fingerprint density at radius 1 is 1.24 bits per heavy atom. The Balaban J connectivity index is 1.82. The number of nitrogens with one attached hydrogen (secondary N) is 2. The highest BCUT2D eigenvalue weighted by atomic mass is 35.5. The summed E-state index contributed by atoms with van der Waals surface area (Å²) in [6.45, 7) is 7.36. The summed E-state index contributed by atoms with van der Waals surface area (Å²) in [4.78, 5) is 8.83. The van der Waals surface area contributed by atoms with Crippen LogP contribution in [-0.2, 0) is 11.2 Å². The van der Waals surface area contributed by atoms with Crippen molar-refractivity contribution in [3.63, 3.8) is 0 Å². The Morgan fingerprint density at radius 3 is 2.76 bits per heavy atom. The highest BCUT2D eigenvalue weighted by molar-refractivity contribution is 6.30. The van der Waals surface area contributed by atoms with Crippen LogP contribution in [-0.4, -0.2) is 48.9 Å². The van der Waals surface area contributed by atoms with Crippen molar-refractivity contribution < 1.29 is 9.26 Å². The van der Waals surface area contributed by atoms with Gasteiger partial charge in [-0.15, -0.1) is 0 Å². The van der Waals surface area contributed by atoms with Crippen molar-refractivity contribution in [2.24, 2.45) is 4.99 Å². The topological polar surface area (TPSA) is 84.6 Å². The number of ether oxygens (including phenoxy) is 1. The molecule has 8 heteroatoms. The van der Waals surface area contributed by atoms with Gasteiger partial charge in [0.2, 0.25) is 11.7 Å². The Bertz CT molecular complexity index is 657. The van der Waals surface area contributed by atoms with Crippen molar-refractivity contribution in [1.29, 1.82) is 0 Å². The maximum atomic E-state index is 5.88. The molecular weight excluding hydrogens is 342 g/mol. The second-order valence-electron chi connectivity index (χ2n) is 5.15. The summed E-state index contributed by atoms with van der Waals surface area (Å²) >= 11 is 5.88. The Hall–Kier alpha value is -2.12. The first kappa shape index (κ1) is 19.2. The van der Waals surface area contributed by atoms with Crippen molar-refractivity contribution in [3.8, 4) is 11.4 Å². The van der Waals surface area contributed by atoms with Gasteiger partial charge in [0.25, 0.3) is 0 Å². The van der Waals surface area contributed by atoms with Crippen molar-refractivity contribution in [3.05, 3.63) is 35.2 Å². The van der Waals surface area contributed by atoms with E-state index in [-0.39, 0.29) is 0 Å². The first-order valence-electron chi connectivity index (χ1n) is 8.41.